The summed E-state index contributed by atoms with van der Waals surface area (Å²) in [6.07, 6.45) is -0.677. The summed E-state index contributed by atoms with van der Waals surface area (Å²) in [7, 11) is 3.05. The monoisotopic (exact) mass is 238 g/mol. The van der Waals surface area contributed by atoms with Crippen LogP contribution in [0.1, 0.15) is 29.2 Å². The Morgan fingerprint density at radius 2 is 1.47 bits per heavy atom. The van der Waals surface area contributed by atoms with Crippen LogP contribution in [0.4, 0.5) is 0 Å². The Balaban J connectivity index is 3.27. The Kier molecular flexibility index (Phi) is 4.31. The van der Waals surface area contributed by atoms with E-state index >= 15 is 0 Å². The second-order valence-corrected chi connectivity index (χ2v) is 4.70. The van der Waals surface area contributed by atoms with E-state index < -0.39 is 11.9 Å². The molecule has 1 aromatic carbocycles. The van der Waals surface area contributed by atoms with Crippen molar-refractivity contribution in [3.8, 4) is 0 Å². The molecule has 0 aliphatic carbocycles. The molecule has 0 amide bonds. The van der Waals surface area contributed by atoms with E-state index in [0.29, 0.717) is 0 Å². The molecule has 0 saturated carbocycles. The third-order valence-electron chi connectivity index (χ3n) is 3.27. The lowest BCUT2D eigenvalue weighted by Gasteiger charge is -2.32. The van der Waals surface area contributed by atoms with Gasteiger partial charge in [-0.1, -0.05) is 12.1 Å². The van der Waals surface area contributed by atoms with Gasteiger partial charge in [0.05, 0.1) is 0 Å². The average Bonchev–Trinajstić information content (AvgIpc) is 2.24. The van der Waals surface area contributed by atoms with Gasteiger partial charge in [-0.2, -0.15) is 0 Å². The average molecular weight is 238 g/mol. The minimum atomic E-state index is -1.16. The van der Waals surface area contributed by atoms with Crippen molar-refractivity contribution in [2.24, 2.45) is 0 Å². The van der Waals surface area contributed by atoms with Gasteiger partial charge < -0.3 is 14.6 Å². The molecule has 1 atom stereocenters. The highest BCUT2D eigenvalue weighted by molar-refractivity contribution is 5.39. The molecular weight excluding hydrogens is 216 g/mol. The third-order valence-corrected chi connectivity index (χ3v) is 3.27. The predicted molar refractivity (Wildman–Crippen MR) is 68.0 cm³/mol. The third kappa shape index (κ3) is 2.68. The topological polar surface area (TPSA) is 38.7 Å². The van der Waals surface area contributed by atoms with Crippen molar-refractivity contribution < 1.29 is 14.6 Å². The molecule has 0 radical (unpaired) electrons. The molecular formula is C14H22O3. The fraction of sp³-hybridized carbons (Fsp3) is 0.571. The van der Waals surface area contributed by atoms with Gasteiger partial charge in [-0.15, -0.1) is 0 Å². The summed E-state index contributed by atoms with van der Waals surface area (Å²) in [6, 6.07) is 4.07. The fourth-order valence-corrected chi connectivity index (χ4v) is 2.19. The van der Waals surface area contributed by atoms with Crippen molar-refractivity contribution in [2.45, 2.75) is 39.6 Å². The first-order valence-corrected chi connectivity index (χ1v) is 5.70. The van der Waals surface area contributed by atoms with Gasteiger partial charge in [0.1, 0.15) is 5.60 Å². The molecule has 17 heavy (non-hydrogen) atoms. The SMILES string of the molecule is COC(OC)C(C)(O)c1cc(C)c(C)cc1C. The maximum absolute atomic E-state index is 10.6. The van der Waals surface area contributed by atoms with Crippen LogP contribution in [0.3, 0.4) is 0 Å². The Hall–Kier alpha value is -0.900. The maximum atomic E-state index is 10.6. The molecule has 0 saturated heterocycles. The van der Waals surface area contributed by atoms with E-state index in [2.05, 4.69) is 13.0 Å². The number of benzene rings is 1. The second-order valence-electron chi connectivity index (χ2n) is 4.70. The van der Waals surface area contributed by atoms with Crippen molar-refractivity contribution in [1.82, 2.24) is 0 Å². The number of hydrogen-bond donors (Lipinski definition) is 1. The van der Waals surface area contributed by atoms with E-state index in [0.717, 1.165) is 16.7 Å². The van der Waals surface area contributed by atoms with E-state index in [-0.39, 0.29) is 0 Å². The largest absolute Gasteiger partial charge is 0.380 e. The summed E-state index contributed by atoms with van der Waals surface area (Å²) in [5, 5.41) is 10.6. The molecule has 0 spiro atoms. The van der Waals surface area contributed by atoms with Gasteiger partial charge in [0, 0.05) is 14.2 Å². The lowest BCUT2D eigenvalue weighted by Crippen LogP contribution is -2.40. The van der Waals surface area contributed by atoms with Crippen LogP contribution in [-0.4, -0.2) is 25.6 Å². The van der Waals surface area contributed by atoms with Crippen LogP contribution < -0.4 is 0 Å². The minimum absolute atomic E-state index is 0.677. The molecule has 1 aromatic rings. The van der Waals surface area contributed by atoms with Crippen molar-refractivity contribution in [3.05, 3.63) is 34.4 Å². The van der Waals surface area contributed by atoms with Gasteiger partial charge in [-0.25, -0.2) is 0 Å². The van der Waals surface area contributed by atoms with Crippen LogP contribution in [0, 0.1) is 20.8 Å². The molecule has 1 rings (SSSR count). The lowest BCUT2D eigenvalue weighted by atomic mass is 9.88. The maximum Gasteiger partial charge on any atom is 0.189 e. The summed E-state index contributed by atoms with van der Waals surface area (Å²) in [5.41, 5.74) is 3.09. The van der Waals surface area contributed by atoms with E-state index in [1.165, 1.54) is 19.8 Å². The summed E-state index contributed by atoms with van der Waals surface area (Å²) >= 11 is 0. The molecule has 1 N–H and O–H groups in total. The number of hydrogen-bond acceptors (Lipinski definition) is 3. The Morgan fingerprint density at radius 3 is 1.94 bits per heavy atom. The smallest absolute Gasteiger partial charge is 0.189 e. The Morgan fingerprint density at radius 1 is 1.00 bits per heavy atom. The Labute approximate surface area is 103 Å². The number of methoxy groups -OCH3 is 2. The van der Waals surface area contributed by atoms with Gasteiger partial charge in [0.15, 0.2) is 6.29 Å². The quantitative estimate of drug-likeness (QED) is 0.819. The van der Waals surface area contributed by atoms with Crippen molar-refractivity contribution in [1.29, 1.82) is 0 Å². The van der Waals surface area contributed by atoms with Crippen LogP contribution in [0.25, 0.3) is 0 Å². The van der Waals surface area contributed by atoms with Crippen LogP contribution >= 0.6 is 0 Å². The second kappa shape index (κ2) is 5.17. The summed E-state index contributed by atoms with van der Waals surface area (Å²) in [5.74, 6) is 0. The van der Waals surface area contributed by atoms with E-state index in [4.69, 9.17) is 9.47 Å². The highest BCUT2D eigenvalue weighted by atomic mass is 16.7. The van der Waals surface area contributed by atoms with E-state index in [1.807, 2.05) is 19.9 Å². The van der Waals surface area contributed by atoms with Crippen LogP contribution in [0.15, 0.2) is 12.1 Å². The molecule has 0 aliphatic rings. The molecule has 0 fully saturated rings. The molecule has 3 heteroatoms. The molecule has 96 valence electrons. The zero-order valence-corrected chi connectivity index (χ0v) is 11.5. The summed E-state index contributed by atoms with van der Waals surface area (Å²) < 4.78 is 10.3. The van der Waals surface area contributed by atoms with Crippen molar-refractivity contribution in [3.63, 3.8) is 0 Å². The first kappa shape index (κ1) is 14.2. The number of aliphatic hydroxyl groups is 1. The number of rotatable bonds is 4. The van der Waals surface area contributed by atoms with Crippen LogP contribution in [0.5, 0.6) is 0 Å². The highest BCUT2D eigenvalue weighted by Crippen LogP contribution is 2.31. The normalized spacial score (nSPS) is 15.1. The number of ether oxygens (including phenoxy) is 2. The zero-order chi connectivity index (χ0) is 13.2. The van der Waals surface area contributed by atoms with Crippen molar-refractivity contribution in [2.75, 3.05) is 14.2 Å². The van der Waals surface area contributed by atoms with E-state index in [9.17, 15) is 5.11 Å². The highest BCUT2D eigenvalue weighted by Gasteiger charge is 2.35. The standard InChI is InChI=1S/C14H22O3/c1-9-7-11(3)12(8-10(9)2)14(4,15)13(16-5)17-6/h7-8,13,15H,1-6H3. The van der Waals surface area contributed by atoms with Gasteiger partial charge >= 0.3 is 0 Å². The fourth-order valence-electron chi connectivity index (χ4n) is 2.19. The first-order valence-electron chi connectivity index (χ1n) is 5.70. The first-order chi connectivity index (χ1) is 7.84. The van der Waals surface area contributed by atoms with Crippen LogP contribution in [0.2, 0.25) is 0 Å². The summed E-state index contributed by atoms with van der Waals surface area (Å²) in [6.45, 7) is 7.79. The van der Waals surface area contributed by atoms with Gasteiger partial charge in [-0.3, -0.25) is 0 Å². The predicted octanol–water partition coefficient (Wildman–Crippen LogP) is 2.44. The minimum Gasteiger partial charge on any atom is -0.380 e. The molecule has 1 unspecified atom stereocenters. The number of aryl methyl sites for hydroxylation is 3. The summed E-state index contributed by atoms with van der Waals surface area (Å²) in [4.78, 5) is 0. The molecule has 0 aliphatic heterocycles. The Bertz CT molecular complexity index is 393. The van der Waals surface area contributed by atoms with Gasteiger partial charge in [0.2, 0.25) is 0 Å². The molecule has 3 nitrogen and oxygen atoms in total. The van der Waals surface area contributed by atoms with Crippen molar-refractivity contribution >= 4 is 0 Å². The van der Waals surface area contributed by atoms with Gasteiger partial charge in [-0.05, 0) is 49.9 Å². The molecule has 0 bridgehead atoms. The van der Waals surface area contributed by atoms with Crippen LogP contribution in [-0.2, 0) is 15.1 Å². The zero-order valence-electron chi connectivity index (χ0n) is 11.5. The molecule has 0 heterocycles. The van der Waals surface area contributed by atoms with Gasteiger partial charge in [0.25, 0.3) is 0 Å². The van der Waals surface area contributed by atoms with E-state index in [1.54, 1.807) is 6.92 Å². The lowest BCUT2D eigenvalue weighted by molar-refractivity contribution is -0.213. The molecule has 0 aromatic heterocycles.